The normalized spacial score (nSPS) is 10.6. The molecule has 1 aromatic carbocycles. The number of aromatic nitrogens is 1. The zero-order chi connectivity index (χ0) is 16.7. The van der Waals surface area contributed by atoms with Gasteiger partial charge in [0.05, 0.1) is 6.42 Å². The SMILES string of the molecule is CC(C)CCNC(=O)c1csc(NC(=O)Cc2ccccc2)n1. The average molecular weight is 331 g/mol. The van der Waals surface area contributed by atoms with Gasteiger partial charge < -0.3 is 10.6 Å². The average Bonchev–Trinajstić information content (AvgIpc) is 2.96. The van der Waals surface area contributed by atoms with E-state index in [-0.39, 0.29) is 18.2 Å². The number of amides is 2. The first-order valence-corrected chi connectivity index (χ1v) is 8.50. The van der Waals surface area contributed by atoms with Gasteiger partial charge in [0.2, 0.25) is 5.91 Å². The summed E-state index contributed by atoms with van der Waals surface area (Å²) in [6, 6.07) is 9.49. The van der Waals surface area contributed by atoms with Gasteiger partial charge in [0.1, 0.15) is 5.69 Å². The first-order valence-electron chi connectivity index (χ1n) is 7.62. The topological polar surface area (TPSA) is 71.1 Å². The number of hydrogen-bond acceptors (Lipinski definition) is 4. The number of thiazole rings is 1. The molecule has 2 rings (SSSR count). The summed E-state index contributed by atoms with van der Waals surface area (Å²) in [5, 5.41) is 7.66. The molecule has 2 N–H and O–H groups in total. The molecule has 0 atom stereocenters. The smallest absolute Gasteiger partial charge is 0.270 e. The summed E-state index contributed by atoms with van der Waals surface area (Å²) in [4.78, 5) is 28.1. The van der Waals surface area contributed by atoms with Crippen LogP contribution in [0.25, 0.3) is 0 Å². The molecule has 0 aliphatic heterocycles. The highest BCUT2D eigenvalue weighted by Crippen LogP contribution is 2.16. The highest BCUT2D eigenvalue weighted by Gasteiger charge is 2.12. The van der Waals surface area contributed by atoms with Gasteiger partial charge in [-0.1, -0.05) is 44.2 Å². The first-order chi connectivity index (χ1) is 11.0. The van der Waals surface area contributed by atoms with Gasteiger partial charge in [0.25, 0.3) is 5.91 Å². The van der Waals surface area contributed by atoms with E-state index in [0.717, 1.165) is 12.0 Å². The fourth-order valence-electron chi connectivity index (χ4n) is 1.95. The fourth-order valence-corrected chi connectivity index (χ4v) is 2.65. The molecule has 1 aromatic heterocycles. The summed E-state index contributed by atoms with van der Waals surface area (Å²) >= 11 is 1.25. The number of hydrogen-bond donors (Lipinski definition) is 2. The molecule has 0 radical (unpaired) electrons. The van der Waals surface area contributed by atoms with Crippen molar-refractivity contribution in [3.05, 3.63) is 47.0 Å². The summed E-state index contributed by atoms with van der Waals surface area (Å²) in [6.45, 7) is 4.84. The molecule has 122 valence electrons. The van der Waals surface area contributed by atoms with Crippen LogP contribution in [0.1, 0.15) is 36.3 Å². The molecule has 0 spiro atoms. The van der Waals surface area contributed by atoms with Crippen molar-refractivity contribution in [1.29, 1.82) is 0 Å². The van der Waals surface area contributed by atoms with Crippen LogP contribution in [-0.4, -0.2) is 23.3 Å². The molecule has 1 heterocycles. The lowest BCUT2D eigenvalue weighted by atomic mass is 10.1. The Labute approximate surface area is 140 Å². The van der Waals surface area contributed by atoms with Crippen LogP contribution in [0.3, 0.4) is 0 Å². The minimum atomic E-state index is -0.203. The molecule has 6 heteroatoms. The number of rotatable bonds is 7. The Kier molecular flexibility index (Phi) is 6.29. The Balaban J connectivity index is 1.84. The summed E-state index contributed by atoms with van der Waals surface area (Å²) in [5.74, 6) is 0.196. The van der Waals surface area contributed by atoms with Crippen LogP contribution < -0.4 is 10.6 Å². The number of carbonyl (C=O) groups excluding carboxylic acids is 2. The first kappa shape index (κ1) is 17.1. The molecule has 0 bridgehead atoms. The zero-order valence-electron chi connectivity index (χ0n) is 13.3. The molecule has 2 aromatic rings. The molecule has 23 heavy (non-hydrogen) atoms. The van der Waals surface area contributed by atoms with E-state index in [0.29, 0.717) is 23.3 Å². The van der Waals surface area contributed by atoms with Crippen molar-refractivity contribution in [3.63, 3.8) is 0 Å². The van der Waals surface area contributed by atoms with Gasteiger partial charge in [0, 0.05) is 11.9 Å². The zero-order valence-corrected chi connectivity index (χ0v) is 14.2. The largest absolute Gasteiger partial charge is 0.351 e. The lowest BCUT2D eigenvalue weighted by Gasteiger charge is -2.05. The van der Waals surface area contributed by atoms with Gasteiger partial charge in [-0.05, 0) is 17.9 Å². The van der Waals surface area contributed by atoms with Gasteiger partial charge in [0.15, 0.2) is 5.13 Å². The van der Waals surface area contributed by atoms with Crippen molar-refractivity contribution in [2.75, 3.05) is 11.9 Å². The second-order valence-corrected chi connectivity index (χ2v) is 6.54. The molecule has 2 amide bonds. The van der Waals surface area contributed by atoms with E-state index in [2.05, 4.69) is 29.5 Å². The van der Waals surface area contributed by atoms with Gasteiger partial charge in [-0.3, -0.25) is 9.59 Å². The predicted octanol–water partition coefficient (Wildman–Crippen LogP) is 3.10. The Morgan fingerprint density at radius 2 is 1.96 bits per heavy atom. The molecule has 0 aliphatic carbocycles. The van der Waals surface area contributed by atoms with E-state index in [1.807, 2.05) is 30.3 Å². The second-order valence-electron chi connectivity index (χ2n) is 5.69. The summed E-state index contributed by atoms with van der Waals surface area (Å²) in [5.41, 5.74) is 1.28. The molecule has 0 fully saturated rings. The number of nitrogens with one attached hydrogen (secondary N) is 2. The molecule has 0 saturated carbocycles. The fraction of sp³-hybridized carbons (Fsp3) is 0.353. The van der Waals surface area contributed by atoms with Crippen molar-refractivity contribution < 1.29 is 9.59 Å². The van der Waals surface area contributed by atoms with Crippen molar-refractivity contribution in [3.8, 4) is 0 Å². The third kappa shape index (κ3) is 5.83. The standard InChI is InChI=1S/C17H21N3O2S/c1-12(2)8-9-18-16(22)14-11-23-17(19-14)20-15(21)10-13-6-4-3-5-7-13/h3-7,11-12H,8-10H2,1-2H3,(H,18,22)(H,19,20,21). The number of anilines is 1. The van der Waals surface area contributed by atoms with Crippen LogP contribution in [0.4, 0.5) is 5.13 Å². The molecule has 0 saturated heterocycles. The van der Waals surface area contributed by atoms with Crippen LogP contribution in [0, 0.1) is 5.92 Å². The minimum absolute atomic E-state index is 0.141. The van der Waals surface area contributed by atoms with Crippen molar-refractivity contribution in [2.45, 2.75) is 26.7 Å². The monoisotopic (exact) mass is 331 g/mol. The Morgan fingerprint density at radius 1 is 1.22 bits per heavy atom. The second kappa shape index (κ2) is 8.43. The summed E-state index contributed by atoms with van der Waals surface area (Å²) in [6.07, 6.45) is 1.22. The van der Waals surface area contributed by atoms with Crippen LogP contribution in [0.5, 0.6) is 0 Å². The highest BCUT2D eigenvalue weighted by atomic mass is 32.1. The van der Waals surface area contributed by atoms with E-state index >= 15 is 0 Å². The van der Waals surface area contributed by atoms with Gasteiger partial charge in [-0.25, -0.2) is 4.98 Å². The van der Waals surface area contributed by atoms with Gasteiger partial charge in [-0.15, -0.1) is 11.3 Å². The van der Waals surface area contributed by atoms with Crippen LogP contribution in [0.2, 0.25) is 0 Å². The highest BCUT2D eigenvalue weighted by molar-refractivity contribution is 7.14. The minimum Gasteiger partial charge on any atom is -0.351 e. The number of carbonyl (C=O) groups is 2. The molecule has 0 unspecified atom stereocenters. The molecular formula is C17H21N3O2S. The van der Waals surface area contributed by atoms with E-state index in [1.54, 1.807) is 5.38 Å². The molecular weight excluding hydrogens is 310 g/mol. The summed E-state index contributed by atoms with van der Waals surface area (Å²) < 4.78 is 0. The quantitative estimate of drug-likeness (QED) is 0.819. The van der Waals surface area contributed by atoms with Crippen molar-refractivity contribution in [2.24, 2.45) is 5.92 Å². The Bertz CT molecular complexity index is 653. The van der Waals surface area contributed by atoms with Crippen LogP contribution >= 0.6 is 11.3 Å². The molecule has 5 nitrogen and oxygen atoms in total. The Morgan fingerprint density at radius 3 is 2.65 bits per heavy atom. The van der Waals surface area contributed by atoms with Crippen LogP contribution in [-0.2, 0) is 11.2 Å². The molecule has 0 aliphatic rings. The van der Waals surface area contributed by atoms with E-state index in [9.17, 15) is 9.59 Å². The third-order valence-electron chi connectivity index (χ3n) is 3.20. The van der Waals surface area contributed by atoms with Gasteiger partial charge in [-0.2, -0.15) is 0 Å². The van der Waals surface area contributed by atoms with E-state index < -0.39 is 0 Å². The lowest BCUT2D eigenvalue weighted by molar-refractivity contribution is -0.115. The third-order valence-corrected chi connectivity index (χ3v) is 3.96. The Hall–Kier alpha value is -2.21. The van der Waals surface area contributed by atoms with E-state index in [1.165, 1.54) is 11.3 Å². The maximum Gasteiger partial charge on any atom is 0.270 e. The van der Waals surface area contributed by atoms with E-state index in [4.69, 9.17) is 0 Å². The summed E-state index contributed by atoms with van der Waals surface area (Å²) in [7, 11) is 0. The predicted molar refractivity (Wildman–Crippen MR) is 92.7 cm³/mol. The van der Waals surface area contributed by atoms with Crippen LogP contribution in [0.15, 0.2) is 35.7 Å². The van der Waals surface area contributed by atoms with Gasteiger partial charge >= 0.3 is 0 Å². The number of benzene rings is 1. The van der Waals surface area contributed by atoms with Crippen molar-refractivity contribution >= 4 is 28.3 Å². The maximum absolute atomic E-state index is 12.0. The lowest BCUT2D eigenvalue weighted by Crippen LogP contribution is -2.25. The number of nitrogens with zero attached hydrogens (tertiary/aromatic N) is 1. The maximum atomic E-state index is 12.0. The van der Waals surface area contributed by atoms with Crippen molar-refractivity contribution in [1.82, 2.24) is 10.3 Å².